The van der Waals surface area contributed by atoms with Crippen LogP contribution < -0.4 is 15.1 Å². The Morgan fingerprint density at radius 1 is 1.06 bits per heavy atom. The molecule has 2 heterocycles. The molecule has 2 aromatic carbocycles. The Hall–Kier alpha value is -3.54. The van der Waals surface area contributed by atoms with Gasteiger partial charge >= 0.3 is 5.63 Å². The molecule has 0 radical (unpaired) electrons. The van der Waals surface area contributed by atoms with Crippen molar-refractivity contribution >= 4 is 27.7 Å². The molecule has 6 nitrogen and oxygen atoms in total. The summed E-state index contributed by atoms with van der Waals surface area (Å²) in [7, 11) is 3.54. The smallest absolute Gasteiger partial charge is 0.339 e. The zero-order valence-electron chi connectivity index (χ0n) is 17.8. The van der Waals surface area contributed by atoms with Crippen molar-refractivity contribution in [2.24, 2.45) is 7.05 Å². The summed E-state index contributed by atoms with van der Waals surface area (Å²) in [6.07, 6.45) is 2.64. The maximum absolute atomic E-state index is 13.1. The van der Waals surface area contributed by atoms with Gasteiger partial charge in [-0.1, -0.05) is 0 Å². The van der Waals surface area contributed by atoms with Gasteiger partial charge in [-0.15, -0.1) is 0 Å². The molecule has 0 spiro atoms. The van der Waals surface area contributed by atoms with E-state index in [1.807, 2.05) is 48.9 Å². The van der Waals surface area contributed by atoms with Gasteiger partial charge in [0, 0.05) is 46.2 Å². The fourth-order valence-electron chi connectivity index (χ4n) is 4.61. The molecule has 0 bridgehead atoms. The number of benzene rings is 2. The van der Waals surface area contributed by atoms with Gasteiger partial charge in [-0.3, -0.25) is 4.79 Å². The van der Waals surface area contributed by atoms with E-state index in [9.17, 15) is 9.59 Å². The first-order valence-electron chi connectivity index (χ1n) is 10.4. The first-order valence-corrected chi connectivity index (χ1v) is 10.4. The van der Waals surface area contributed by atoms with E-state index >= 15 is 0 Å². The summed E-state index contributed by atoms with van der Waals surface area (Å²) in [5.74, 6) is 1.08. The maximum Gasteiger partial charge on any atom is 0.339 e. The van der Waals surface area contributed by atoms with E-state index in [0.29, 0.717) is 22.6 Å². The van der Waals surface area contributed by atoms with E-state index in [1.54, 1.807) is 13.2 Å². The normalized spacial score (nSPS) is 13.0. The highest BCUT2D eigenvalue weighted by atomic mass is 16.5. The number of carbonyl (C=O) groups excluding carboxylic acids is 1. The Morgan fingerprint density at radius 2 is 1.84 bits per heavy atom. The first-order chi connectivity index (χ1) is 15.0. The number of ketones is 1. The number of rotatable bonds is 5. The van der Waals surface area contributed by atoms with Crippen molar-refractivity contribution < 1.29 is 18.7 Å². The molecule has 0 atom stereocenters. The Kier molecular flexibility index (Phi) is 4.58. The van der Waals surface area contributed by atoms with Gasteiger partial charge in [0.15, 0.2) is 6.61 Å². The van der Waals surface area contributed by atoms with Gasteiger partial charge in [-0.25, -0.2) is 4.79 Å². The topological polar surface area (TPSA) is 70.7 Å². The predicted molar refractivity (Wildman–Crippen MR) is 119 cm³/mol. The first kappa shape index (κ1) is 19.4. The lowest BCUT2D eigenvalue weighted by Crippen LogP contribution is -2.13. The van der Waals surface area contributed by atoms with Crippen LogP contribution in [0.25, 0.3) is 21.9 Å². The molecule has 0 amide bonds. The molecule has 31 heavy (non-hydrogen) atoms. The molecule has 0 saturated carbocycles. The Morgan fingerprint density at radius 3 is 2.65 bits per heavy atom. The lowest BCUT2D eigenvalue weighted by atomic mass is 10.1. The molecular formula is C25H23NO5. The minimum atomic E-state index is -0.270. The van der Waals surface area contributed by atoms with E-state index in [0.717, 1.165) is 52.4 Å². The lowest BCUT2D eigenvalue weighted by molar-refractivity contribution is 0.0922. The van der Waals surface area contributed by atoms with Gasteiger partial charge in [0.25, 0.3) is 0 Å². The third-order valence-electron chi connectivity index (χ3n) is 6.29. The monoisotopic (exact) mass is 417 g/mol. The summed E-state index contributed by atoms with van der Waals surface area (Å²) in [6, 6.07) is 11.1. The molecule has 4 aromatic rings. The SMILES string of the molecule is COc1ccc2c(c1)c(C(=O)COc1ccc3c4c(c(=O)oc3c1)CCC4)c(C)n2C. The van der Waals surface area contributed by atoms with Crippen molar-refractivity contribution in [2.45, 2.75) is 26.2 Å². The Bertz CT molecular complexity index is 1410. The van der Waals surface area contributed by atoms with Crippen LogP contribution in [0, 0.1) is 6.92 Å². The van der Waals surface area contributed by atoms with Crippen LogP contribution in [0.4, 0.5) is 0 Å². The molecule has 158 valence electrons. The fraction of sp³-hybridized carbons (Fsp3) is 0.280. The summed E-state index contributed by atoms with van der Waals surface area (Å²) < 4.78 is 18.6. The van der Waals surface area contributed by atoms with Crippen LogP contribution in [-0.4, -0.2) is 24.1 Å². The van der Waals surface area contributed by atoms with Crippen LogP contribution in [0.1, 0.15) is 33.6 Å². The molecule has 0 fully saturated rings. The molecule has 2 aromatic heterocycles. The lowest BCUT2D eigenvalue weighted by Gasteiger charge is -2.09. The molecular weight excluding hydrogens is 394 g/mol. The summed E-state index contributed by atoms with van der Waals surface area (Å²) in [5.41, 5.74) is 4.56. The second kappa shape index (κ2) is 7.30. The largest absolute Gasteiger partial charge is 0.497 e. The number of nitrogens with zero attached hydrogens (tertiary/aromatic N) is 1. The average Bonchev–Trinajstić information content (AvgIpc) is 3.36. The van der Waals surface area contributed by atoms with Crippen LogP contribution >= 0.6 is 0 Å². The standard InChI is InChI=1S/C25H23NO5/c1-14-24(20-11-15(29-3)8-10-21(20)26(14)2)22(27)13-30-16-7-9-18-17-5-4-6-19(17)25(28)31-23(18)12-16/h7-12H,4-6,13H2,1-3H3. The van der Waals surface area contributed by atoms with Crippen molar-refractivity contribution in [2.75, 3.05) is 13.7 Å². The summed E-state index contributed by atoms with van der Waals surface area (Å²) in [6.45, 7) is 1.81. The van der Waals surface area contributed by atoms with Crippen LogP contribution in [0.2, 0.25) is 0 Å². The third-order valence-corrected chi connectivity index (χ3v) is 6.29. The van der Waals surface area contributed by atoms with Crippen molar-refractivity contribution in [1.82, 2.24) is 4.57 Å². The minimum Gasteiger partial charge on any atom is -0.497 e. The van der Waals surface area contributed by atoms with E-state index < -0.39 is 0 Å². The number of methoxy groups -OCH3 is 1. The average molecular weight is 417 g/mol. The zero-order valence-corrected chi connectivity index (χ0v) is 17.8. The van der Waals surface area contributed by atoms with E-state index in [1.165, 1.54) is 0 Å². The second-order valence-electron chi connectivity index (χ2n) is 7.97. The number of hydrogen-bond acceptors (Lipinski definition) is 5. The fourth-order valence-corrected chi connectivity index (χ4v) is 4.61. The Balaban J connectivity index is 1.45. The Labute approximate surface area is 179 Å². The summed E-state index contributed by atoms with van der Waals surface area (Å²) in [5, 5.41) is 1.79. The van der Waals surface area contributed by atoms with Gasteiger partial charge in [0.2, 0.25) is 5.78 Å². The summed E-state index contributed by atoms with van der Waals surface area (Å²) in [4.78, 5) is 25.3. The molecule has 0 aliphatic heterocycles. The molecule has 6 heteroatoms. The van der Waals surface area contributed by atoms with Crippen molar-refractivity contribution in [1.29, 1.82) is 0 Å². The number of hydrogen-bond donors (Lipinski definition) is 0. The number of ether oxygens (including phenoxy) is 2. The predicted octanol–water partition coefficient (Wildman–Crippen LogP) is 4.35. The minimum absolute atomic E-state index is 0.113. The quantitative estimate of drug-likeness (QED) is 0.357. The van der Waals surface area contributed by atoms with Crippen molar-refractivity contribution in [3.05, 3.63) is 69.2 Å². The van der Waals surface area contributed by atoms with Gasteiger partial charge in [-0.2, -0.15) is 0 Å². The zero-order chi connectivity index (χ0) is 21.7. The molecule has 5 rings (SSSR count). The van der Waals surface area contributed by atoms with Crippen LogP contribution in [0.5, 0.6) is 11.5 Å². The number of carbonyl (C=O) groups is 1. The highest BCUT2D eigenvalue weighted by Gasteiger charge is 2.21. The van der Waals surface area contributed by atoms with E-state index in [4.69, 9.17) is 13.9 Å². The number of aryl methyl sites for hydroxylation is 2. The number of Topliss-reactive ketones (excluding diaryl/α,β-unsaturated/α-hetero) is 1. The van der Waals surface area contributed by atoms with Crippen LogP contribution in [0.15, 0.2) is 45.6 Å². The summed E-state index contributed by atoms with van der Waals surface area (Å²) >= 11 is 0. The maximum atomic E-state index is 13.1. The van der Waals surface area contributed by atoms with E-state index in [2.05, 4.69) is 0 Å². The molecule has 1 aliphatic carbocycles. The van der Waals surface area contributed by atoms with Gasteiger partial charge in [-0.05, 0) is 62.1 Å². The van der Waals surface area contributed by atoms with Crippen molar-refractivity contribution in [3.63, 3.8) is 0 Å². The highest BCUT2D eigenvalue weighted by Crippen LogP contribution is 2.31. The highest BCUT2D eigenvalue weighted by molar-refractivity contribution is 6.10. The molecule has 1 aliphatic rings. The van der Waals surface area contributed by atoms with Crippen molar-refractivity contribution in [3.8, 4) is 11.5 Å². The van der Waals surface area contributed by atoms with Gasteiger partial charge in [0.1, 0.15) is 17.1 Å². The van der Waals surface area contributed by atoms with Crippen LogP contribution in [0.3, 0.4) is 0 Å². The van der Waals surface area contributed by atoms with Crippen LogP contribution in [-0.2, 0) is 19.9 Å². The van der Waals surface area contributed by atoms with Gasteiger partial charge < -0.3 is 18.5 Å². The molecule has 0 saturated heterocycles. The molecule has 0 unspecified atom stereocenters. The third kappa shape index (κ3) is 3.10. The second-order valence-corrected chi connectivity index (χ2v) is 7.97. The molecule has 0 N–H and O–H groups in total. The van der Waals surface area contributed by atoms with E-state index in [-0.39, 0.29) is 18.0 Å². The number of aromatic nitrogens is 1. The number of fused-ring (bicyclic) bond motifs is 4. The van der Waals surface area contributed by atoms with Gasteiger partial charge in [0.05, 0.1) is 7.11 Å².